The molecule has 30 heavy (non-hydrogen) atoms. The van der Waals surface area contributed by atoms with Gasteiger partial charge >= 0.3 is 0 Å². The lowest BCUT2D eigenvalue weighted by Gasteiger charge is -2.13. The molecule has 5 nitrogen and oxygen atoms in total. The maximum atomic E-state index is 13.1. The average molecular weight is 392 g/mol. The van der Waals surface area contributed by atoms with E-state index in [2.05, 4.69) is 5.32 Å². The lowest BCUT2D eigenvalue weighted by atomic mass is 10.1. The fourth-order valence-corrected chi connectivity index (χ4v) is 3.73. The first-order valence-electron chi connectivity index (χ1n) is 9.50. The summed E-state index contributed by atoms with van der Waals surface area (Å²) < 4.78 is 0. The number of fused-ring (bicyclic) bond motifs is 2. The van der Waals surface area contributed by atoms with Crippen molar-refractivity contribution < 1.29 is 14.4 Å². The van der Waals surface area contributed by atoms with Crippen LogP contribution >= 0.6 is 0 Å². The lowest BCUT2D eigenvalue weighted by Crippen LogP contribution is -2.29. The van der Waals surface area contributed by atoms with Gasteiger partial charge < -0.3 is 5.32 Å². The third kappa shape index (κ3) is 2.84. The second-order valence-electron chi connectivity index (χ2n) is 7.03. The van der Waals surface area contributed by atoms with E-state index >= 15 is 0 Å². The van der Waals surface area contributed by atoms with Gasteiger partial charge in [-0.1, -0.05) is 54.6 Å². The van der Waals surface area contributed by atoms with Gasteiger partial charge in [0.15, 0.2) is 0 Å². The van der Waals surface area contributed by atoms with Crippen LogP contribution in [0, 0.1) is 0 Å². The van der Waals surface area contributed by atoms with Crippen LogP contribution in [-0.2, 0) is 0 Å². The molecule has 0 saturated carbocycles. The van der Waals surface area contributed by atoms with Gasteiger partial charge in [-0.3, -0.25) is 14.4 Å². The summed E-state index contributed by atoms with van der Waals surface area (Å²) in [6, 6.07) is 26.8. The average Bonchev–Trinajstić information content (AvgIpc) is 3.05. The minimum atomic E-state index is -0.449. The zero-order valence-corrected chi connectivity index (χ0v) is 15.8. The van der Waals surface area contributed by atoms with E-state index in [0.29, 0.717) is 16.9 Å². The predicted molar refractivity (Wildman–Crippen MR) is 116 cm³/mol. The van der Waals surface area contributed by atoms with Gasteiger partial charge in [0, 0.05) is 5.56 Å². The van der Waals surface area contributed by atoms with Crippen LogP contribution in [-0.4, -0.2) is 17.7 Å². The van der Waals surface area contributed by atoms with Gasteiger partial charge in [0.2, 0.25) is 0 Å². The Labute approximate surface area is 172 Å². The topological polar surface area (TPSA) is 66.5 Å². The highest BCUT2D eigenvalue weighted by Crippen LogP contribution is 2.33. The van der Waals surface area contributed by atoms with Crippen molar-refractivity contribution in [3.63, 3.8) is 0 Å². The Hall–Kier alpha value is -4.25. The predicted octanol–water partition coefficient (Wildman–Crippen LogP) is 4.89. The van der Waals surface area contributed by atoms with E-state index in [1.807, 2.05) is 36.4 Å². The van der Waals surface area contributed by atoms with Gasteiger partial charge in [-0.05, 0) is 47.2 Å². The monoisotopic (exact) mass is 392 g/mol. The molecule has 1 aliphatic heterocycles. The van der Waals surface area contributed by atoms with Crippen LogP contribution in [0.3, 0.4) is 0 Å². The van der Waals surface area contributed by atoms with E-state index in [4.69, 9.17) is 0 Å². The van der Waals surface area contributed by atoms with Crippen LogP contribution in [0.4, 0.5) is 11.4 Å². The number of nitrogens with zero attached hydrogens (tertiary/aromatic N) is 1. The zero-order valence-electron chi connectivity index (χ0n) is 15.8. The summed E-state index contributed by atoms with van der Waals surface area (Å²) in [6.45, 7) is 0. The highest BCUT2D eigenvalue weighted by Gasteiger charge is 2.38. The highest BCUT2D eigenvalue weighted by molar-refractivity contribution is 6.36. The molecule has 0 atom stereocenters. The molecule has 0 saturated heterocycles. The summed E-state index contributed by atoms with van der Waals surface area (Å²) in [5, 5.41) is 4.79. The Morgan fingerprint density at radius 1 is 0.700 bits per heavy atom. The molecule has 144 valence electrons. The number of hydrogen-bond donors (Lipinski definition) is 1. The molecule has 1 N–H and O–H groups in total. The fourth-order valence-electron chi connectivity index (χ4n) is 3.73. The smallest absolute Gasteiger partial charge is 0.268 e. The van der Waals surface area contributed by atoms with Crippen molar-refractivity contribution in [3.8, 4) is 0 Å². The van der Waals surface area contributed by atoms with Crippen molar-refractivity contribution in [3.05, 3.63) is 108 Å². The Morgan fingerprint density at radius 3 is 2.23 bits per heavy atom. The van der Waals surface area contributed by atoms with Crippen molar-refractivity contribution in [2.75, 3.05) is 10.2 Å². The summed E-state index contributed by atoms with van der Waals surface area (Å²) in [6.07, 6.45) is 0. The highest BCUT2D eigenvalue weighted by atomic mass is 16.2. The first-order valence-corrected chi connectivity index (χ1v) is 9.50. The van der Waals surface area contributed by atoms with E-state index in [1.54, 1.807) is 54.6 Å². The molecular formula is C25H16N2O3. The first kappa shape index (κ1) is 17.8. The van der Waals surface area contributed by atoms with Crippen LogP contribution in [0.2, 0.25) is 0 Å². The maximum Gasteiger partial charge on any atom is 0.268 e. The molecule has 0 unspecified atom stereocenters. The van der Waals surface area contributed by atoms with Crippen LogP contribution in [0.1, 0.15) is 31.1 Å². The molecule has 5 heteroatoms. The van der Waals surface area contributed by atoms with Crippen LogP contribution in [0.15, 0.2) is 91.0 Å². The molecule has 1 aliphatic rings. The molecule has 4 aromatic carbocycles. The fraction of sp³-hybridized carbons (Fsp3) is 0. The summed E-state index contributed by atoms with van der Waals surface area (Å²) in [4.78, 5) is 39.9. The number of anilines is 2. The molecule has 0 radical (unpaired) electrons. The number of carbonyl (C=O) groups excluding carboxylic acids is 3. The van der Waals surface area contributed by atoms with Crippen molar-refractivity contribution in [2.24, 2.45) is 0 Å². The molecular weight excluding hydrogens is 376 g/mol. The SMILES string of the molecule is O=C(Nc1cccc2c1C(=O)N(c1ccccc1)C2=O)c1ccc2ccccc2c1. The Bertz CT molecular complexity index is 1330. The third-order valence-corrected chi connectivity index (χ3v) is 5.19. The Kier molecular flexibility index (Phi) is 4.14. The van der Waals surface area contributed by atoms with Crippen LogP contribution in [0.5, 0.6) is 0 Å². The molecule has 1 heterocycles. The van der Waals surface area contributed by atoms with E-state index in [1.165, 1.54) is 0 Å². The van der Waals surface area contributed by atoms with Gasteiger partial charge in [0.05, 0.1) is 22.5 Å². The minimum absolute atomic E-state index is 0.209. The summed E-state index contributed by atoms with van der Waals surface area (Å²) in [5.41, 5.74) is 1.78. The molecule has 3 amide bonds. The Morgan fingerprint density at radius 2 is 1.43 bits per heavy atom. The normalized spacial score (nSPS) is 12.9. The largest absolute Gasteiger partial charge is 0.321 e. The number of nitrogens with one attached hydrogen (secondary N) is 1. The lowest BCUT2D eigenvalue weighted by molar-refractivity contribution is 0.0926. The molecule has 0 spiro atoms. The number of carbonyl (C=O) groups is 3. The van der Waals surface area contributed by atoms with Gasteiger partial charge in [-0.2, -0.15) is 0 Å². The van der Waals surface area contributed by atoms with Gasteiger partial charge in [-0.15, -0.1) is 0 Å². The molecule has 0 bridgehead atoms. The van der Waals surface area contributed by atoms with Crippen molar-refractivity contribution >= 4 is 39.9 Å². The number of para-hydroxylation sites is 1. The quantitative estimate of drug-likeness (QED) is 0.505. The molecule has 5 rings (SSSR count). The zero-order chi connectivity index (χ0) is 20.7. The van der Waals surface area contributed by atoms with Crippen molar-refractivity contribution in [1.29, 1.82) is 0 Å². The van der Waals surface area contributed by atoms with Crippen LogP contribution < -0.4 is 10.2 Å². The van der Waals surface area contributed by atoms with Crippen LogP contribution in [0.25, 0.3) is 10.8 Å². The second kappa shape index (κ2) is 6.97. The maximum absolute atomic E-state index is 13.1. The van der Waals surface area contributed by atoms with E-state index in [-0.39, 0.29) is 17.0 Å². The van der Waals surface area contributed by atoms with Gasteiger partial charge in [0.25, 0.3) is 17.7 Å². The first-order chi connectivity index (χ1) is 14.6. The summed E-state index contributed by atoms with van der Waals surface area (Å²) in [5.74, 6) is -1.19. The minimum Gasteiger partial charge on any atom is -0.321 e. The number of amides is 3. The molecule has 0 aromatic heterocycles. The number of hydrogen-bond acceptors (Lipinski definition) is 3. The number of imide groups is 1. The van der Waals surface area contributed by atoms with Gasteiger partial charge in [0.1, 0.15) is 0 Å². The third-order valence-electron chi connectivity index (χ3n) is 5.19. The standard InChI is InChI=1S/C25H16N2O3/c28-23(18-14-13-16-7-4-5-8-17(16)15-18)26-21-12-6-11-20-22(21)25(30)27(24(20)29)19-9-2-1-3-10-19/h1-15H,(H,26,28). The van der Waals surface area contributed by atoms with Crippen molar-refractivity contribution in [2.45, 2.75) is 0 Å². The Balaban J connectivity index is 1.50. The summed E-state index contributed by atoms with van der Waals surface area (Å²) in [7, 11) is 0. The summed E-state index contributed by atoms with van der Waals surface area (Å²) >= 11 is 0. The van der Waals surface area contributed by atoms with E-state index in [0.717, 1.165) is 15.7 Å². The second-order valence-corrected chi connectivity index (χ2v) is 7.03. The molecule has 0 fully saturated rings. The van der Waals surface area contributed by atoms with E-state index in [9.17, 15) is 14.4 Å². The molecule has 0 aliphatic carbocycles. The van der Waals surface area contributed by atoms with E-state index < -0.39 is 11.8 Å². The molecule has 4 aromatic rings. The van der Waals surface area contributed by atoms with Crippen molar-refractivity contribution in [1.82, 2.24) is 0 Å². The number of benzene rings is 4. The van der Waals surface area contributed by atoms with Gasteiger partial charge in [-0.25, -0.2) is 4.90 Å². The number of rotatable bonds is 3.